The monoisotopic (exact) mass is 358 g/mol. The summed E-state index contributed by atoms with van der Waals surface area (Å²) < 4.78 is 0. The van der Waals surface area contributed by atoms with E-state index in [9.17, 15) is 0 Å². The van der Waals surface area contributed by atoms with Crippen LogP contribution in [0.3, 0.4) is 0 Å². The molecular weight excluding hydrogens is 332 g/mol. The third-order valence-electron chi connectivity index (χ3n) is 6.06. The van der Waals surface area contributed by atoms with Gasteiger partial charge in [0.25, 0.3) is 0 Å². The van der Waals surface area contributed by atoms with Crippen LogP contribution in [0.1, 0.15) is 24.0 Å². The van der Waals surface area contributed by atoms with Gasteiger partial charge in [0.15, 0.2) is 0 Å². The summed E-state index contributed by atoms with van der Waals surface area (Å²) in [6.07, 6.45) is 6.60. The number of anilines is 1. The fraction of sp³-hybridized carbons (Fsp3) is 0.348. The lowest BCUT2D eigenvalue weighted by Crippen LogP contribution is -2.46. The van der Waals surface area contributed by atoms with Crippen LogP contribution in [0, 0.1) is 0 Å². The van der Waals surface area contributed by atoms with Crippen LogP contribution in [-0.4, -0.2) is 35.4 Å². The third kappa shape index (κ3) is 3.50. The molecule has 1 aliphatic heterocycles. The zero-order chi connectivity index (χ0) is 18.1. The quantitative estimate of drug-likeness (QED) is 0.745. The average Bonchev–Trinajstić information content (AvgIpc) is 3.38. The molecule has 2 aromatic carbocycles. The zero-order valence-corrected chi connectivity index (χ0v) is 15.6. The van der Waals surface area contributed by atoms with Gasteiger partial charge in [-0.2, -0.15) is 5.10 Å². The van der Waals surface area contributed by atoms with Crippen molar-refractivity contribution in [2.45, 2.75) is 37.8 Å². The molecule has 0 spiro atoms. The summed E-state index contributed by atoms with van der Waals surface area (Å²) in [4.78, 5) is 2.51. The minimum Gasteiger partial charge on any atom is -0.371 e. The fourth-order valence-corrected chi connectivity index (χ4v) is 4.58. The van der Waals surface area contributed by atoms with Crippen molar-refractivity contribution in [2.75, 3.05) is 18.0 Å². The van der Waals surface area contributed by atoms with E-state index in [0.717, 1.165) is 18.8 Å². The SMILES string of the molecule is c1ccc2c(c1)CC(NC1CCN(c3ccc(-c4ccn[nH]4)cc3)CC1)C2. The Labute approximate surface area is 160 Å². The van der Waals surface area contributed by atoms with E-state index >= 15 is 0 Å². The van der Waals surface area contributed by atoms with Crippen molar-refractivity contribution in [1.82, 2.24) is 15.5 Å². The van der Waals surface area contributed by atoms with Crippen LogP contribution < -0.4 is 10.2 Å². The predicted octanol–water partition coefficient (Wildman–Crippen LogP) is 3.80. The Morgan fingerprint density at radius 2 is 1.56 bits per heavy atom. The second-order valence-corrected chi connectivity index (χ2v) is 7.82. The summed E-state index contributed by atoms with van der Waals surface area (Å²) in [5.74, 6) is 0. The standard InChI is InChI=1S/C23H26N4/c1-2-4-19-16-21(15-18(19)3-1)25-20-10-13-27(14-11-20)22-7-5-17(6-8-22)23-9-12-24-26-23/h1-9,12,20-21,25H,10-11,13-16H2,(H,24,26). The molecular formula is C23H26N4. The molecule has 5 rings (SSSR count). The van der Waals surface area contributed by atoms with E-state index in [2.05, 4.69) is 68.9 Å². The molecule has 138 valence electrons. The Morgan fingerprint density at radius 3 is 2.19 bits per heavy atom. The van der Waals surface area contributed by atoms with E-state index in [1.165, 1.54) is 48.1 Å². The maximum atomic E-state index is 4.03. The van der Waals surface area contributed by atoms with Gasteiger partial charge in [0.2, 0.25) is 0 Å². The van der Waals surface area contributed by atoms with Gasteiger partial charge in [0.05, 0.1) is 5.69 Å². The van der Waals surface area contributed by atoms with Gasteiger partial charge >= 0.3 is 0 Å². The van der Waals surface area contributed by atoms with Crippen LogP contribution in [0.5, 0.6) is 0 Å². The second kappa shape index (κ2) is 7.20. The highest BCUT2D eigenvalue weighted by Gasteiger charge is 2.26. The molecule has 4 nitrogen and oxygen atoms in total. The maximum absolute atomic E-state index is 4.03. The molecule has 0 saturated carbocycles. The molecule has 1 saturated heterocycles. The first kappa shape index (κ1) is 16.6. The molecule has 1 aliphatic carbocycles. The van der Waals surface area contributed by atoms with Crippen molar-refractivity contribution < 1.29 is 0 Å². The maximum Gasteiger partial charge on any atom is 0.0650 e. The van der Waals surface area contributed by atoms with E-state index in [1.54, 1.807) is 6.20 Å². The molecule has 0 bridgehead atoms. The van der Waals surface area contributed by atoms with Crippen LogP contribution in [0.15, 0.2) is 60.8 Å². The van der Waals surface area contributed by atoms with E-state index in [0.29, 0.717) is 12.1 Å². The minimum atomic E-state index is 0.618. The van der Waals surface area contributed by atoms with Crippen molar-refractivity contribution in [1.29, 1.82) is 0 Å². The topological polar surface area (TPSA) is 44.0 Å². The Morgan fingerprint density at radius 1 is 0.852 bits per heavy atom. The lowest BCUT2D eigenvalue weighted by Gasteiger charge is -2.35. The Balaban J connectivity index is 1.15. The van der Waals surface area contributed by atoms with Gasteiger partial charge in [-0.05, 0) is 60.6 Å². The fourth-order valence-electron chi connectivity index (χ4n) is 4.58. The van der Waals surface area contributed by atoms with E-state index in [-0.39, 0.29) is 0 Å². The second-order valence-electron chi connectivity index (χ2n) is 7.82. The molecule has 0 radical (unpaired) electrons. The Hall–Kier alpha value is -2.59. The molecule has 0 atom stereocenters. The summed E-state index contributed by atoms with van der Waals surface area (Å²) >= 11 is 0. The predicted molar refractivity (Wildman–Crippen MR) is 110 cm³/mol. The molecule has 1 aromatic heterocycles. The summed E-state index contributed by atoms with van der Waals surface area (Å²) in [6.45, 7) is 2.25. The molecule has 4 heteroatoms. The number of hydrogen-bond acceptors (Lipinski definition) is 3. The van der Waals surface area contributed by atoms with Gasteiger partial charge in [-0.3, -0.25) is 5.10 Å². The molecule has 27 heavy (non-hydrogen) atoms. The van der Waals surface area contributed by atoms with Gasteiger partial charge < -0.3 is 10.2 Å². The zero-order valence-electron chi connectivity index (χ0n) is 15.6. The highest BCUT2D eigenvalue weighted by molar-refractivity contribution is 5.62. The van der Waals surface area contributed by atoms with Crippen molar-refractivity contribution >= 4 is 5.69 Å². The van der Waals surface area contributed by atoms with Crippen LogP contribution >= 0.6 is 0 Å². The van der Waals surface area contributed by atoms with Gasteiger partial charge in [0, 0.05) is 37.1 Å². The molecule has 2 heterocycles. The van der Waals surface area contributed by atoms with Crippen molar-refractivity contribution in [2.24, 2.45) is 0 Å². The summed E-state index contributed by atoms with van der Waals surface area (Å²) in [5, 5.41) is 11.0. The highest BCUT2D eigenvalue weighted by atomic mass is 15.1. The lowest BCUT2D eigenvalue weighted by atomic mass is 10.0. The van der Waals surface area contributed by atoms with Crippen molar-refractivity contribution in [3.63, 3.8) is 0 Å². The number of rotatable bonds is 4. The van der Waals surface area contributed by atoms with Gasteiger partial charge in [-0.1, -0.05) is 36.4 Å². The summed E-state index contributed by atoms with van der Waals surface area (Å²) in [7, 11) is 0. The summed E-state index contributed by atoms with van der Waals surface area (Å²) in [5.41, 5.74) is 6.65. The molecule has 0 unspecified atom stereocenters. The third-order valence-corrected chi connectivity index (χ3v) is 6.06. The number of aromatic amines is 1. The van der Waals surface area contributed by atoms with Crippen molar-refractivity contribution in [3.8, 4) is 11.3 Å². The van der Waals surface area contributed by atoms with Crippen LogP contribution in [0.2, 0.25) is 0 Å². The smallest absolute Gasteiger partial charge is 0.0650 e. The number of nitrogens with one attached hydrogen (secondary N) is 2. The minimum absolute atomic E-state index is 0.618. The Kier molecular flexibility index (Phi) is 4.42. The summed E-state index contributed by atoms with van der Waals surface area (Å²) in [6, 6.07) is 21.0. The number of aromatic nitrogens is 2. The van der Waals surface area contributed by atoms with Crippen molar-refractivity contribution in [3.05, 3.63) is 71.9 Å². The highest BCUT2D eigenvalue weighted by Crippen LogP contribution is 2.26. The van der Waals surface area contributed by atoms with Crippen LogP contribution in [0.25, 0.3) is 11.3 Å². The van der Waals surface area contributed by atoms with Gasteiger partial charge in [0.1, 0.15) is 0 Å². The van der Waals surface area contributed by atoms with E-state index < -0.39 is 0 Å². The van der Waals surface area contributed by atoms with Crippen LogP contribution in [0.4, 0.5) is 5.69 Å². The largest absolute Gasteiger partial charge is 0.371 e. The van der Waals surface area contributed by atoms with E-state index in [4.69, 9.17) is 0 Å². The number of nitrogens with zero attached hydrogens (tertiary/aromatic N) is 2. The number of hydrogen-bond donors (Lipinski definition) is 2. The lowest BCUT2D eigenvalue weighted by molar-refractivity contribution is 0.370. The molecule has 1 fully saturated rings. The Bertz CT molecular complexity index is 852. The number of benzene rings is 2. The van der Waals surface area contributed by atoms with Gasteiger partial charge in [-0.15, -0.1) is 0 Å². The first-order valence-electron chi connectivity index (χ1n) is 10.0. The normalized spacial score (nSPS) is 18.0. The first-order chi connectivity index (χ1) is 13.3. The number of fused-ring (bicyclic) bond motifs is 1. The number of H-pyrrole nitrogens is 1. The molecule has 2 aliphatic rings. The van der Waals surface area contributed by atoms with E-state index in [1.807, 2.05) is 6.07 Å². The average molecular weight is 358 g/mol. The molecule has 0 amide bonds. The molecule has 2 N–H and O–H groups in total. The first-order valence-corrected chi connectivity index (χ1v) is 10.0. The van der Waals surface area contributed by atoms with Crippen LogP contribution in [-0.2, 0) is 12.8 Å². The van der Waals surface area contributed by atoms with Gasteiger partial charge in [-0.25, -0.2) is 0 Å². The number of piperidine rings is 1. The molecule has 3 aromatic rings.